The van der Waals surface area contributed by atoms with E-state index in [1.54, 1.807) is 4.90 Å². The first-order chi connectivity index (χ1) is 13.7. The van der Waals surface area contributed by atoms with Crippen molar-refractivity contribution in [3.8, 4) is 0 Å². The van der Waals surface area contributed by atoms with Crippen molar-refractivity contribution in [2.45, 2.75) is 25.6 Å². The van der Waals surface area contributed by atoms with Crippen LogP contribution >= 0.6 is 0 Å². The summed E-state index contributed by atoms with van der Waals surface area (Å²) in [6.45, 7) is 0.967. The molecular formula is C21H20F4N2O2. The van der Waals surface area contributed by atoms with Crippen LogP contribution in [0.5, 0.6) is 0 Å². The Hall–Kier alpha value is -2.90. The van der Waals surface area contributed by atoms with E-state index >= 15 is 0 Å². The Morgan fingerprint density at radius 2 is 1.55 bits per heavy atom. The molecule has 1 N–H and O–H groups in total. The minimum atomic E-state index is -4.39. The van der Waals surface area contributed by atoms with E-state index in [0.29, 0.717) is 37.1 Å². The third-order valence-electron chi connectivity index (χ3n) is 4.99. The van der Waals surface area contributed by atoms with Gasteiger partial charge in [-0.05, 0) is 54.8 Å². The number of piperidine rings is 1. The molecule has 0 spiro atoms. The van der Waals surface area contributed by atoms with Gasteiger partial charge in [0.25, 0.3) is 5.91 Å². The normalized spacial score (nSPS) is 15.2. The summed E-state index contributed by atoms with van der Waals surface area (Å²) in [7, 11) is 0. The van der Waals surface area contributed by atoms with Gasteiger partial charge in [-0.2, -0.15) is 13.2 Å². The van der Waals surface area contributed by atoms with E-state index < -0.39 is 17.6 Å². The zero-order valence-corrected chi connectivity index (χ0v) is 15.5. The second-order valence-corrected chi connectivity index (χ2v) is 6.99. The maximum atomic E-state index is 13.0. The molecule has 0 saturated carbocycles. The molecule has 1 fully saturated rings. The maximum absolute atomic E-state index is 13.0. The van der Waals surface area contributed by atoms with Crippen LogP contribution in [0.25, 0.3) is 0 Å². The van der Waals surface area contributed by atoms with Crippen LogP contribution in [0.1, 0.15) is 34.3 Å². The van der Waals surface area contributed by atoms with Gasteiger partial charge in [0.1, 0.15) is 5.82 Å². The van der Waals surface area contributed by atoms with Gasteiger partial charge in [0.15, 0.2) is 0 Å². The molecule has 2 amide bonds. The molecule has 0 aliphatic carbocycles. The molecule has 0 bridgehead atoms. The summed E-state index contributed by atoms with van der Waals surface area (Å²) in [6.07, 6.45) is -3.40. The van der Waals surface area contributed by atoms with Crippen LogP contribution in [0, 0.1) is 11.7 Å². The van der Waals surface area contributed by atoms with E-state index in [9.17, 15) is 27.2 Å². The molecule has 8 heteroatoms. The quantitative estimate of drug-likeness (QED) is 0.778. The topological polar surface area (TPSA) is 49.4 Å². The van der Waals surface area contributed by atoms with Gasteiger partial charge in [-0.25, -0.2) is 4.39 Å². The standard InChI is InChI=1S/C21H20F4N2O2/c22-18-7-3-16(4-8-18)20(29)27-11-9-15(10-12-27)19(28)26-13-14-1-5-17(6-2-14)21(23,24)25/h1-8,15H,9-13H2,(H,26,28). The monoisotopic (exact) mass is 408 g/mol. The summed E-state index contributed by atoms with van der Waals surface area (Å²) in [6, 6.07) is 9.98. The molecule has 0 unspecified atom stereocenters. The number of amides is 2. The fraction of sp³-hybridized carbons (Fsp3) is 0.333. The van der Waals surface area contributed by atoms with E-state index in [1.165, 1.54) is 36.4 Å². The van der Waals surface area contributed by atoms with Gasteiger partial charge >= 0.3 is 6.18 Å². The molecule has 0 aromatic heterocycles. The number of carbonyl (C=O) groups is 2. The predicted octanol–water partition coefficient (Wildman–Crippen LogP) is 4.01. The molecule has 2 aromatic carbocycles. The SMILES string of the molecule is O=C(NCc1ccc(C(F)(F)F)cc1)C1CCN(C(=O)c2ccc(F)cc2)CC1. The van der Waals surface area contributed by atoms with E-state index in [1.807, 2.05) is 0 Å². The van der Waals surface area contributed by atoms with Crippen molar-refractivity contribution in [2.75, 3.05) is 13.1 Å². The Bertz CT molecular complexity index is 856. The smallest absolute Gasteiger partial charge is 0.352 e. The van der Waals surface area contributed by atoms with Crippen LogP contribution in [-0.2, 0) is 17.5 Å². The summed E-state index contributed by atoms with van der Waals surface area (Å²) in [5.41, 5.74) is 0.248. The number of likely N-dealkylation sites (tertiary alicyclic amines) is 1. The Labute approximate surface area is 165 Å². The molecule has 154 valence electrons. The van der Waals surface area contributed by atoms with Gasteiger partial charge < -0.3 is 10.2 Å². The van der Waals surface area contributed by atoms with Crippen LogP contribution in [-0.4, -0.2) is 29.8 Å². The lowest BCUT2D eigenvalue weighted by Crippen LogP contribution is -2.42. The molecule has 1 saturated heterocycles. The molecule has 0 radical (unpaired) electrons. The predicted molar refractivity (Wildman–Crippen MR) is 98.3 cm³/mol. The van der Waals surface area contributed by atoms with Gasteiger partial charge in [0.05, 0.1) is 5.56 Å². The van der Waals surface area contributed by atoms with Gasteiger partial charge in [-0.1, -0.05) is 12.1 Å². The van der Waals surface area contributed by atoms with Crippen molar-refractivity contribution in [1.29, 1.82) is 0 Å². The number of nitrogens with zero attached hydrogens (tertiary/aromatic N) is 1. The maximum Gasteiger partial charge on any atom is 0.416 e. The van der Waals surface area contributed by atoms with Crippen molar-refractivity contribution in [1.82, 2.24) is 10.2 Å². The van der Waals surface area contributed by atoms with E-state index in [2.05, 4.69) is 5.32 Å². The Morgan fingerprint density at radius 1 is 0.966 bits per heavy atom. The lowest BCUT2D eigenvalue weighted by molar-refractivity contribution is -0.137. The zero-order valence-electron chi connectivity index (χ0n) is 15.5. The highest BCUT2D eigenvalue weighted by Gasteiger charge is 2.30. The molecule has 1 aliphatic rings. The number of hydrogen-bond donors (Lipinski definition) is 1. The van der Waals surface area contributed by atoms with Crippen molar-refractivity contribution in [3.05, 3.63) is 71.0 Å². The highest BCUT2D eigenvalue weighted by Crippen LogP contribution is 2.29. The van der Waals surface area contributed by atoms with Gasteiger partial charge in [0, 0.05) is 31.1 Å². The third-order valence-corrected chi connectivity index (χ3v) is 4.99. The lowest BCUT2D eigenvalue weighted by Gasteiger charge is -2.31. The van der Waals surface area contributed by atoms with Gasteiger partial charge in [-0.15, -0.1) is 0 Å². The summed E-state index contributed by atoms with van der Waals surface area (Å²) < 4.78 is 50.7. The minimum Gasteiger partial charge on any atom is -0.352 e. The highest BCUT2D eigenvalue weighted by molar-refractivity contribution is 5.94. The van der Waals surface area contributed by atoms with Gasteiger partial charge in [-0.3, -0.25) is 9.59 Å². The first-order valence-corrected chi connectivity index (χ1v) is 9.23. The second-order valence-electron chi connectivity index (χ2n) is 6.99. The Morgan fingerprint density at radius 3 is 2.10 bits per heavy atom. The van der Waals surface area contributed by atoms with Crippen LogP contribution in [0.15, 0.2) is 48.5 Å². The number of halogens is 4. The number of benzene rings is 2. The zero-order chi connectivity index (χ0) is 21.0. The molecule has 1 aliphatic heterocycles. The number of nitrogens with one attached hydrogen (secondary N) is 1. The number of alkyl halides is 3. The first-order valence-electron chi connectivity index (χ1n) is 9.23. The second kappa shape index (κ2) is 8.63. The fourth-order valence-electron chi connectivity index (χ4n) is 3.26. The van der Waals surface area contributed by atoms with Crippen LogP contribution in [0.2, 0.25) is 0 Å². The number of rotatable bonds is 4. The van der Waals surface area contributed by atoms with Crippen molar-refractivity contribution >= 4 is 11.8 Å². The molecule has 1 heterocycles. The number of carbonyl (C=O) groups excluding carboxylic acids is 2. The summed E-state index contributed by atoms with van der Waals surface area (Å²) in [5.74, 6) is -1.06. The largest absolute Gasteiger partial charge is 0.416 e. The van der Waals surface area contributed by atoms with Crippen LogP contribution < -0.4 is 5.32 Å². The van der Waals surface area contributed by atoms with E-state index in [-0.39, 0.29) is 24.3 Å². The molecular weight excluding hydrogens is 388 g/mol. The van der Waals surface area contributed by atoms with Crippen molar-refractivity contribution < 1.29 is 27.2 Å². The van der Waals surface area contributed by atoms with Crippen LogP contribution in [0.3, 0.4) is 0 Å². The van der Waals surface area contributed by atoms with Crippen molar-refractivity contribution in [2.24, 2.45) is 5.92 Å². The Kier molecular flexibility index (Phi) is 6.20. The summed E-state index contributed by atoms with van der Waals surface area (Å²) >= 11 is 0. The molecule has 4 nitrogen and oxygen atoms in total. The average Bonchev–Trinajstić information content (AvgIpc) is 2.72. The fourth-order valence-corrected chi connectivity index (χ4v) is 3.26. The molecule has 3 rings (SSSR count). The third kappa shape index (κ3) is 5.34. The average molecular weight is 408 g/mol. The van der Waals surface area contributed by atoms with E-state index in [4.69, 9.17) is 0 Å². The van der Waals surface area contributed by atoms with Crippen molar-refractivity contribution in [3.63, 3.8) is 0 Å². The van der Waals surface area contributed by atoms with E-state index in [0.717, 1.165) is 12.1 Å². The first kappa shape index (κ1) is 20.8. The number of hydrogen-bond acceptors (Lipinski definition) is 2. The van der Waals surface area contributed by atoms with Crippen LogP contribution in [0.4, 0.5) is 17.6 Å². The molecule has 29 heavy (non-hydrogen) atoms. The summed E-state index contributed by atoms with van der Waals surface area (Å²) in [5, 5.41) is 2.74. The highest BCUT2D eigenvalue weighted by atomic mass is 19.4. The molecule has 2 aromatic rings. The summed E-state index contributed by atoms with van der Waals surface area (Å²) in [4.78, 5) is 26.4. The minimum absolute atomic E-state index is 0.145. The Balaban J connectivity index is 1.47. The van der Waals surface area contributed by atoms with Gasteiger partial charge in [0.2, 0.25) is 5.91 Å². The molecule has 0 atom stereocenters. The lowest BCUT2D eigenvalue weighted by atomic mass is 9.95.